The number of para-hydroxylation sites is 6. The third kappa shape index (κ3) is 5.26. The van der Waals surface area contributed by atoms with Crippen molar-refractivity contribution in [3.05, 3.63) is 157 Å². The van der Waals surface area contributed by atoms with Gasteiger partial charge < -0.3 is 4.57 Å². The Balaban J connectivity index is 0.000000150. The van der Waals surface area contributed by atoms with E-state index in [0.717, 1.165) is 22.4 Å². The fraction of sp³-hybridized carbons (Fsp3) is 0.119. The van der Waals surface area contributed by atoms with Gasteiger partial charge >= 0.3 is 177 Å². The maximum atomic E-state index is 3.59. The third-order valence-electron chi connectivity index (χ3n) is 9.54. The van der Waals surface area contributed by atoms with E-state index in [2.05, 4.69) is 172 Å². The van der Waals surface area contributed by atoms with Crippen LogP contribution < -0.4 is 27.2 Å². The molecule has 238 valence electrons. The zero-order valence-electron chi connectivity index (χ0n) is 27.7. The third-order valence-corrected chi connectivity index (χ3v) is 22.9. The first kappa shape index (κ1) is 32.9. The van der Waals surface area contributed by atoms with Crippen molar-refractivity contribution in [2.75, 3.05) is 4.90 Å². The van der Waals surface area contributed by atoms with E-state index >= 15 is 0 Å². The van der Waals surface area contributed by atoms with Crippen molar-refractivity contribution in [2.45, 2.75) is 30.1 Å². The summed E-state index contributed by atoms with van der Waals surface area (Å²) in [5.41, 5.74) is 9.60. The minimum Gasteiger partial charge on any atom is 4.00 e. The molecule has 0 radical (unpaired) electrons. The van der Waals surface area contributed by atoms with Gasteiger partial charge in [-0.3, -0.25) is 4.57 Å². The molecule has 0 aliphatic carbocycles. The first-order valence-corrected chi connectivity index (χ1v) is 27.4. The van der Waals surface area contributed by atoms with Crippen LogP contribution in [0.15, 0.2) is 127 Å². The van der Waals surface area contributed by atoms with Crippen LogP contribution in [-0.2, 0) is 21.1 Å². The fourth-order valence-electron chi connectivity index (χ4n) is 7.03. The van der Waals surface area contributed by atoms with Crippen LogP contribution >= 0.6 is 0 Å². The minimum atomic E-state index is -2.33. The summed E-state index contributed by atoms with van der Waals surface area (Å²) in [6.45, 7) is 2.10. The molecule has 2 aliphatic rings. The van der Waals surface area contributed by atoms with Crippen molar-refractivity contribution in [1.82, 2.24) is 4.57 Å². The Bertz CT molecular complexity index is 2200. The molecule has 6 heteroatoms. The molecule has 0 atom stereocenters. The van der Waals surface area contributed by atoms with E-state index in [1.807, 2.05) is 24.3 Å². The number of anilines is 3. The summed E-state index contributed by atoms with van der Waals surface area (Å²) < 4.78 is 10.4. The maximum absolute atomic E-state index is 3.59. The standard InChI is InChI=1S/C22H21GeNSe.C20H15N2.Pt/c1-23(2)16-10-5-6-12-18(16)24-19-13-7-8-14-20(19)25(3,4)21-15-9-11-17(23)22(21)24;1-16-11-13-18(14-12-16)22-15-21(17-7-3-2-4-8-17)19-9-5-6-10-20(19)22;/h5-11,14-15H,1-4H3;2-7,9-14H,1H3;/q-2;-1;+4. The number of benzene rings is 6. The van der Waals surface area contributed by atoms with Crippen molar-refractivity contribution in [1.29, 1.82) is 0 Å². The summed E-state index contributed by atoms with van der Waals surface area (Å²) >= 11 is -4.27. The number of imidazole rings is 1. The Morgan fingerprint density at radius 2 is 1.31 bits per heavy atom. The zero-order chi connectivity index (χ0) is 32.3. The van der Waals surface area contributed by atoms with Crippen LogP contribution in [0.4, 0.5) is 17.1 Å². The Morgan fingerprint density at radius 1 is 0.646 bits per heavy atom. The van der Waals surface area contributed by atoms with E-state index < -0.39 is 26.1 Å². The van der Waals surface area contributed by atoms with Gasteiger partial charge in [-0.2, -0.15) is 30.3 Å². The van der Waals surface area contributed by atoms with Crippen LogP contribution in [0, 0.1) is 31.5 Å². The SMILES string of the molecule is Cc1ccc(-[n+]2[c-]n(-c3[c-]cccc3)c3ccccc32)cc1.[CH3][Ge]1([CH3])[c]2ccc[c-]c2N2c3[c-]cccc3[Se](C)(C)c3ccc[c]1c32.[Pt+4]. The predicted molar refractivity (Wildman–Crippen MR) is 200 cm³/mol. The van der Waals surface area contributed by atoms with E-state index in [1.165, 1.54) is 31.5 Å². The number of fused-ring (bicyclic) bond motifs is 5. The number of hydrogen-bond acceptors (Lipinski definition) is 1. The fourth-order valence-corrected chi connectivity index (χ4v) is 18.6. The quantitative estimate of drug-likeness (QED) is 0.105. The van der Waals surface area contributed by atoms with Gasteiger partial charge in [0, 0.05) is 0 Å². The molecule has 0 saturated heterocycles. The molecule has 0 fully saturated rings. The summed E-state index contributed by atoms with van der Waals surface area (Å²) in [4.78, 5) is 2.47. The van der Waals surface area contributed by atoms with E-state index in [0.29, 0.717) is 0 Å². The summed E-state index contributed by atoms with van der Waals surface area (Å²) in [6, 6.07) is 55.4. The van der Waals surface area contributed by atoms with Gasteiger partial charge in [-0.05, 0) is 24.7 Å². The second-order valence-electron chi connectivity index (χ2n) is 13.1. The first-order chi connectivity index (χ1) is 22.8. The average Bonchev–Trinajstić information content (AvgIpc) is 3.49. The molecule has 0 spiro atoms. The Kier molecular flexibility index (Phi) is 8.67. The summed E-state index contributed by atoms with van der Waals surface area (Å²) in [6.07, 6.45) is 3.44. The molecular weight excluding hydrogens is 893 g/mol. The second kappa shape index (κ2) is 12.7. The van der Waals surface area contributed by atoms with Crippen LogP contribution in [0.1, 0.15) is 5.56 Å². The van der Waals surface area contributed by atoms with Crippen LogP contribution in [0.2, 0.25) is 23.2 Å². The molecule has 0 amide bonds. The van der Waals surface area contributed by atoms with Gasteiger partial charge in [-0.15, -0.1) is 0 Å². The van der Waals surface area contributed by atoms with Crippen molar-refractivity contribution in [3.8, 4) is 11.4 Å². The van der Waals surface area contributed by atoms with Crippen molar-refractivity contribution in [3.63, 3.8) is 0 Å². The van der Waals surface area contributed by atoms with Crippen LogP contribution in [0.5, 0.6) is 0 Å². The van der Waals surface area contributed by atoms with Gasteiger partial charge in [0.25, 0.3) is 6.33 Å². The van der Waals surface area contributed by atoms with Crippen molar-refractivity contribution in [2.24, 2.45) is 0 Å². The Morgan fingerprint density at radius 3 is 2.08 bits per heavy atom. The van der Waals surface area contributed by atoms with E-state index in [9.17, 15) is 0 Å². The molecule has 0 unspecified atom stereocenters. The number of aryl methyl sites for hydroxylation is 1. The van der Waals surface area contributed by atoms with Gasteiger partial charge in [-0.25, -0.2) is 0 Å². The molecular formula is C42H36GeN3PtSe+. The van der Waals surface area contributed by atoms with E-state index in [4.69, 9.17) is 0 Å². The molecule has 9 rings (SSSR count). The largest absolute Gasteiger partial charge is 4.00 e. The average molecular weight is 929 g/mol. The second-order valence-corrected chi connectivity index (χ2v) is 29.6. The topological polar surface area (TPSA) is 12.0 Å². The van der Waals surface area contributed by atoms with Crippen LogP contribution in [0.3, 0.4) is 0 Å². The van der Waals surface area contributed by atoms with Crippen LogP contribution in [0.25, 0.3) is 22.4 Å². The molecule has 2 aliphatic heterocycles. The Hall–Kier alpha value is -3.66. The van der Waals surface area contributed by atoms with E-state index in [1.54, 1.807) is 8.86 Å². The van der Waals surface area contributed by atoms with Crippen molar-refractivity contribution >= 4 is 71.9 Å². The monoisotopic (exact) mass is 931 g/mol. The normalized spacial score (nSPS) is 15.1. The van der Waals surface area contributed by atoms with Gasteiger partial charge in [-0.1, -0.05) is 42.0 Å². The molecule has 0 saturated carbocycles. The van der Waals surface area contributed by atoms with Crippen molar-refractivity contribution < 1.29 is 25.6 Å². The molecule has 0 N–H and O–H groups in total. The van der Waals surface area contributed by atoms with E-state index in [-0.39, 0.29) is 21.1 Å². The Labute approximate surface area is 303 Å². The van der Waals surface area contributed by atoms with Gasteiger partial charge in [0.1, 0.15) is 0 Å². The molecule has 3 heterocycles. The summed E-state index contributed by atoms with van der Waals surface area (Å²) in [5.74, 6) is 10.1. The smallest absolute Gasteiger partial charge is 4.00 e. The molecule has 6 aromatic carbocycles. The molecule has 3 nitrogen and oxygen atoms in total. The van der Waals surface area contributed by atoms with Gasteiger partial charge in [0.2, 0.25) is 0 Å². The summed E-state index contributed by atoms with van der Waals surface area (Å²) in [5, 5.41) is 0. The zero-order valence-corrected chi connectivity index (χ0v) is 33.8. The molecule has 1 aromatic heterocycles. The molecule has 0 bridgehead atoms. The molecule has 48 heavy (non-hydrogen) atoms. The number of hydrogen-bond donors (Lipinski definition) is 0. The number of nitrogens with zero attached hydrogens (tertiary/aromatic N) is 3. The van der Waals surface area contributed by atoms with Gasteiger partial charge in [0.05, 0.1) is 16.7 Å². The summed E-state index contributed by atoms with van der Waals surface area (Å²) in [7, 11) is 0. The molecule has 7 aromatic rings. The van der Waals surface area contributed by atoms with Gasteiger partial charge in [0.15, 0.2) is 0 Å². The number of rotatable bonds is 2. The predicted octanol–water partition coefficient (Wildman–Crippen LogP) is 6.84. The van der Waals surface area contributed by atoms with Crippen LogP contribution in [-0.4, -0.2) is 30.7 Å². The minimum absolute atomic E-state index is 0. The number of aromatic nitrogens is 2. The first-order valence-electron chi connectivity index (χ1n) is 15.9. The maximum Gasteiger partial charge on any atom is 4.00 e.